The van der Waals surface area contributed by atoms with Crippen LogP contribution in [0.4, 0.5) is 23.0 Å². The predicted molar refractivity (Wildman–Crippen MR) is 111 cm³/mol. The number of aromatic nitrogens is 2. The van der Waals surface area contributed by atoms with Crippen molar-refractivity contribution < 1.29 is 9.34 Å². The molecule has 1 aliphatic heterocycles. The second-order valence-electron chi connectivity index (χ2n) is 6.54. The van der Waals surface area contributed by atoms with Crippen molar-refractivity contribution in [3.63, 3.8) is 0 Å². The third-order valence-corrected chi connectivity index (χ3v) is 4.98. The zero-order valence-electron chi connectivity index (χ0n) is 15.5. The van der Waals surface area contributed by atoms with Gasteiger partial charge in [0.15, 0.2) is 0 Å². The summed E-state index contributed by atoms with van der Waals surface area (Å²) in [6.07, 6.45) is 2.90. The lowest BCUT2D eigenvalue weighted by molar-refractivity contribution is -0.383. The van der Waals surface area contributed by atoms with Gasteiger partial charge in [0.25, 0.3) is 0 Å². The number of halogens is 1. The minimum Gasteiger partial charge on any atom is -0.467 e. The van der Waals surface area contributed by atoms with Gasteiger partial charge < -0.3 is 19.5 Å². The first kappa shape index (κ1) is 19.0. The second kappa shape index (κ2) is 8.36. The average Bonchev–Trinajstić information content (AvgIpc) is 3.25. The molecule has 1 N–H and O–H groups in total. The molecule has 1 aliphatic rings. The fraction of sp³-hybridized carbons (Fsp3) is 0.263. The standard InChI is InChI=1S/C19H19ClN6O3/c20-14-3-1-4-15(11-14)24-6-8-25(9-7-24)19-17(26(27)28)18(22-13-23-19)21-12-16-5-2-10-29-16/h1-5,10-11,13H,6-9,12H2,(H,21,22,23). The Morgan fingerprint density at radius 1 is 1.14 bits per heavy atom. The maximum absolute atomic E-state index is 11.8. The molecule has 0 atom stereocenters. The van der Waals surface area contributed by atoms with E-state index in [1.807, 2.05) is 29.2 Å². The van der Waals surface area contributed by atoms with E-state index < -0.39 is 4.92 Å². The van der Waals surface area contributed by atoms with Gasteiger partial charge in [-0.2, -0.15) is 0 Å². The van der Waals surface area contributed by atoms with Crippen LogP contribution in [0, 0.1) is 10.1 Å². The van der Waals surface area contributed by atoms with E-state index in [0.717, 1.165) is 5.69 Å². The number of piperazine rings is 1. The van der Waals surface area contributed by atoms with Crippen molar-refractivity contribution in [3.8, 4) is 0 Å². The fourth-order valence-electron chi connectivity index (χ4n) is 3.33. The summed E-state index contributed by atoms with van der Waals surface area (Å²) in [4.78, 5) is 23.7. The monoisotopic (exact) mass is 414 g/mol. The summed E-state index contributed by atoms with van der Waals surface area (Å²) < 4.78 is 5.26. The van der Waals surface area contributed by atoms with Crippen LogP contribution in [0.15, 0.2) is 53.4 Å². The summed E-state index contributed by atoms with van der Waals surface area (Å²) in [5.41, 5.74) is 0.908. The Bertz CT molecular complexity index is 989. The molecule has 29 heavy (non-hydrogen) atoms. The van der Waals surface area contributed by atoms with Gasteiger partial charge in [0.1, 0.15) is 12.1 Å². The van der Waals surface area contributed by atoms with Crippen molar-refractivity contribution in [2.75, 3.05) is 41.3 Å². The fourth-order valence-corrected chi connectivity index (χ4v) is 3.52. The summed E-state index contributed by atoms with van der Waals surface area (Å²) in [6, 6.07) is 11.2. The van der Waals surface area contributed by atoms with Gasteiger partial charge in [-0.15, -0.1) is 0 Å². The highest BCUT2D eigenvalue weighted by Gasteiger charge is 2.29. The van der Waals surface area contributed by atoms with Crippen LogP contribution in [0.2, 0.25) is 5.02 Å². The van der Waals surface area contributed by atoms with E-state index in [-0.39, 0.29) is 11.5 Å². The number of benzene rings is 1. The molecule has 0 spiro atoms. The minimum absolute atomic E-state index is 0.129. The molecular weight excluding hydrogens is 396 g/mol. The largest absolute Gasteiger partial charge is 0.467 e. The molecule has 3 aromatic rings. The summed E-state index contributed by atoms with van der Waals surface area (Å²) in [6.45, 7) is 2.91. The van der Waals surface area contributed by atoms with Crippen LogP contribution in [0.1, 0.15) is 5.76 Å². The number of hydrogen-bond donors (Lipinski definition) is 1. The van der Waals surface area contributed by atoms with Crippen LogP contribution >= 0.6 is 11.6 Å². The Kier molecular flexibility index (Phi) is 5.48. The average molecular weight is 415 g/mol. The van der Waals surface area contributed by atoms with E-state index in [9.17, 15) is 10.1 Å². The quantitative estimate of drug-likeness (QED) is 0.482. The molecule has 1 aromatic carbocycles. The first-order valence-corrected chi connectivity index (χ1v) is 9.51. The van der Waals surface area contributed by atoms with E-state index >= 15 is 0 Å². The van der Waals surface area contributed by atoms with Crippen LogP contribution in [-0.2, 0) is 6.54 Å². The van der Waals surface area contributed by atoms with Gasteiger partial charge in [0, 0.05) is 36.9 Å². The molecule has 0 bridgehead atoms. The first-order chi connectivity index (χ1) is 14.1. The smallest absolute Gasteiger partial charge is 0.353 e. The number of rotatable bonds is 6. The Hall–Kier alpha value is -3.33. The maximum Gasteiger partial charge on any atom is 0.353 e. The molecule has 0 unspecified atom stereocenters. The van der Waals surface area contributed by atoms with Gasteiger partial charge >= 0.3 is 5.69 Å². The molecule has 9 nitrogen and oxygen atoms in total. The van der Waals surface area contributed by atoms with E-state index in [1.54, 1.807) is 18.4 Å². The first-order valence-electron chi connectivity index (χ1n) is 9.13. The van der Waals surface area contributed by atoms with E-state index in [2.05, 4.69) is 20.2 Å². The van der Waals surface area contributed by atoms with Crippen molar-refractivity contribution in [3.05, 3.63) is 69.9 Å². The highest BCUT2D eigenvalue weighted by Crippen LogP contribution is 2.33. The van der Waals surface area contributed by atoms with Crippen molar-refractivity contribution in [1.82, 2.24) is 9.97 Å². The Morgan fingerprint density at radius 3 is 2.62 bits per heavy atom. The van der Waals surface area contributed by atoms with E-state index in [0.29, 0.717) is 49.3 Å². The van der Waals surface area contributed by atoms with Gasteiger partial charge in [0.2, 0.25) is 11.6 Å². The summed E-state index contributed by atoms with van der Waals surface area (Å²) in [5, 5.41) is 15.4. The summed E-state index contributed by atoms with van der Waals surface area (Å²) in [7, 11) is 0. The lowest BCUT2D eigenvalue weighted by Gasteiger charge is -2.36. The second-order valence-corrected chi connectivity index (χ2v) is 6.97. The van der Waals surface area contributed by atoms with Gasteiger partial charge in [0.05, 0.1) is 17.7 Å². The van der Waals surface area contributed by atoms with Crippen molar-refractivity contribution >= 4 is 34.6 Å². The number of nitrogens with zero attached hydrogens (tertiary/aromatic N) is 5. The highest BCUT2D eigenvalue weighted by atomic mass is 35.5. The molecule has 3 heterocycles. The number of hydrogen-bond acceptors (Lipinski definition) is 8. The Morgan fingerprint density at radius 2 is 1.93 bits per heavy atom. The van der Waals surface area contributed by atoms with Crippen molar-refractivity contribution in [2.45, 2.75) is 6.54 Å². The van der Waals surface area contributed by atoms with Gasteiger partial charge in [-0.05, 0) is 30.3 Å². The van der Waals surface area contributed by atoms with Gasteiger partial charge in [-0.3, -0.25) is 10.1 Å². The number of anilines is 3. The molecule has 1 saturated heterocycles. The van der Waals surface area contributed by atoms with Crippen LogP contribution in [0.5, 0.6) is 0 Å². The van der Waals surface area contributed by atoms with Gasteiger partial charge in [-0.25, -0.2) is 9.97 Å². The SMILES string of the molecule is O=[N+]([O-])c1c(NCc2ccco2)ncnc1N1CCN(c2cccc(Cl)c2)CC1. The predicted octanol–water partition coefficient (Wildman–Crippen LogP) is 3.57. The van der Waals surface area contributed by atoms with Crippen LogP contribution < -0.4 is 15.1 Å². The Balaban J connectivity index is 1.51. The van der Waals surface area contributed by atoms with Crippen LogP contribution in [0.3, 0.4) is 0 Å². The van der Waals surface area contributed by atoms with Crippen LogP contribution in [-0.4, -0.2) is 41.1 Å². The lowest BCUT2D eigenvalue weighted by atomic mass is 10.2. The molecule has 2 aromatic heterocycles. The van der Waals surface area contributed by atoms with Crippen molar-refractivity contribution in [2.24, 2.45) is 0 Å². The molecule has 150 valence electrons. The number of nitro groups is 1. The molecule has 0 amide bonds. The van der Waals surface area contributed by atoms with E-state index in [4.69, 9.17) is 16.0 Å². The molecule has 0 aliphatic carbocycles. The van der Waals surface area contributed by atoms with E-state index in [1.165, 1.54) is 6.33 Å². The topological polar surface area (TPSA) is 101 Å². The molecule has 0 radical (unpaired) electrons. The Labute approximate surface area is 172 Å². The molecule has 0 saturated carbocycles. The third-order valence-electron chi connectivity index (χ3n) is 4.75. The van der Waals surface area contributed by atoms with Crippen LogP contribution in [0.25, 0.3) is 0 Å². The van der Waals surface area contributed by atoms with Gasteiger partial charge in [-0.1, -0.05) is 17.7 Å². The number of nitrogens with one attached hydrogen (secondary N) is 1. The minimum atomic E-state index is -0.441. The summed E-state index contributed by atoms with van der Waals surface area (Å²) in [5.74, 6) is 1.15. The maximum atomic E-state index is 11.8. The normalized spacial score (nSPS) is 14.1. The molecular formula is C19H19ClN6O3. The number of furan rings is 1. The zero-order chi connectivity index (χ0) is 20.2. The molecule has 1 fully saturated rings. The summed E-state index contributed by atoms with van der Waals surface area (Å²) >= 11 is 6.09. The molecule has 10 heteroatoms. The highest BCUT2D eigenvalue weighted by molar-refractivity contribution is 6.30. The third kappa shape index (κ3) is 4.24. The zero-order valence-corrected chi connectivity index (χ0v) is 16.2. The van der Waals surface area contributed by atoms with Crippen molar-refractivity contribution in [1.29, 1.82) is 0 Å². The molecule has 4 rings (SSSR count). The lowest BCUT2D eigenvalue weighted by Crippen LogP contribution is -2.47.